The molecule has 0 fully saturated rings. The van der Waals surface area contributed by atoms with Crippen molar-refractivity contribution in [2.24, 2.45) is 5.10 Å². The van der Waals surface area contributed by atoms with Gasteiger partial charge >= 0.3 is 0 Å². The number of nitrogens with one attached hydrogen (secondary N) is 2. The summed E-state index contributed by atoms with van der Waals surface area (Å²) in [5, 5.41) is 5.09. The van der Waals surface area contributed by atoms with Crippen LogP contribution in [0.5, 0.6) is 11.5 Å². The van der Waals surface area contributed by atoms with Crippen LogP contribution in [0.4, 0.5) is 0 Å². The lowest BCUT2D eigenvalue weighted by molar-refractivity contribution is -0.120. The fourth-order valence-corrected chi connectivity index (χ4v) is 2.65. The Balaban J connectivity index is 1.39. The van der Waals surface area contributed by atoms with E-state index in [1.54, 1.807) is 12.3 Å². The molecule has 0 atom stereocenters. The van der Waals surface area contributed by atoms with Crippen molar-refractivity contribution in [3.05, 3.63) is 59.8 Å². The molecular formula is C18H15N3O3. The van der Waals surface area contributed by atoms with Gasteiger partial charge in [0, 0.05) is 22.7 Å². The zero-order chi connectivity index (χ0) is 16.4. The maximum absolute atomic E-state index is 12.0. The van der Waals surface area contributed by atoms with Gasteiger partial charge in [0.05, 0.1) is 12.6 Å². The monoisotopic (exact) mass is 321 g/mol. The minimum absolute atomic E-state index is 0.190. The highest BCUT2D eigenvalue weighted by atomic mass is 16.7. The van der Waals surface area contributed by atoms with Crippen LogP contribution in [0.1, 0.15) is 11.1 Å². The molecule has 6 nitrogen and oxygen atoms in total. The normalized spacial score (nSPS) is 12.8. The van der Waals surface area contributed by atoms with Crippen molar-refractivity contribution < 1.29 is 14.3 Å². The first-order chi connectivity index (χ1) is 11.8. The molecule has 3 aromatic rings. The van der Waals surface area contributed by atoms with Crippen molar-refractivity contribution in [1.29, 1.82) is 0 Å². The lowest BCUT2D eigenvalue weighted by Gasteiger charge is -2.02. The fraction of sp³-hybridized carbons (Fsp3) is 0.111. The number of nitrogens with zero attached hydrogens (tertiary/aromatic N) is 1. The fourth-order valence-electron chi connectivity index (χ4n) is 2.65. The molecule has 0 saturated carbocycles. The number of hydrogen-bond acceptors (Lipinski definition) is 4. The van der Waals surface area contributed by atoms with Gasteiger partial charge in [0.15, 0.2) is 11.5 Å². The van der Waals surface area contributed by atoms with Gasteiger partial charge in [0.1, 0.15) is 0 Å². The quantitative estimate of drug-likeness (QED) is 0.573. The molecule has 0 unspecified atom stereocenters. The molecule has 0 bridgehead atoms. The molecule has 1 aromatic heterocycles. The third kappa shape index (κ3) is 2.81. The molecule has 2 N–H and O–H groups in total. The first-order valence-corrected chi connectivity index (χ1v) is 7.56. The van der Waals surface area contributed by atoms with Gasteiger partial charge in [0.25, 0.3) is 0 Å². The van der Waals surface area contributed by atoms with Crippen LogP contribution in [0.3, 0.4) is 0 Å². The Bertz CT molecular complexity index is 930. The minimum Gasteiger partial charge on any atom is -0.454 e. The average Bonchev–Trinajstić information content (AvgIpc) is 3.21. The summed E-state index contributed by atoms with van der Waals surface area (Å²) >= 11 is 0. The molecule has 1 aliphatic heterocycles. The van der Waals surface area contributed by atoms with Crippen LogP contribution in [0.2, 0.25) is 0 Å². The Labute approximate surface area is 138 Å². The van der Waals surface area contributed by atoms with Crippen LogP contribution in [-0.2, 0) is 11.2 Å². The Hall–Kier alpha value is -3.28. The van der Waals surface area contributed by atoms with E-state index in [4.69, 9.17) is 9.47 Å². The highest BCUT2D eigenvalue weighted by Gasteiger charge is 2.14. The Morgan fingerprint density at radius 1 is 1.21 bits per heavy atom. The number of amides is 1. The van der Waals surface area contributed by atoms with E-state index in [1.165, 1.54) is 0 Å². The summed E-state index contributed by atoms with van der Waals surface area (Å²) < 4.78 is 10.6. The third-order valence-electron chi connectivity index (χ3n) is 3.82. The molecule has 2 heterocycles. The van der Waals surface area contributed by atoms with E-state index in [9.17, 15) is 4.79 Å². The summed E-state index contributed by atoms with van der Waals surface area (Å²) in [4.78, 5) is 15.2. The number of benzene rings is 2. The number of carbonyl (C=O) groups excluding carboxylic acids is 1. The molecule has 0 aliphatic carbocycles. The molecule has 1 aliphatic rings. The highest BCUT2D eigenvalue weighted by Crippen LogP contribution is 2.32. The van der Waals surface area contributed by atoms with E-state index in [-0.39, 0.29) is 19.1 Å². The molecule has 0 spiro atoms. The molecule has 0 saturated heterocycles. The summed E-state index contributed by atoms with van der Waals surface area (Å²) in [7, 11) is 0. The number of para-hydroxylation sites is 1. The van der Waals surface area contributed by atoms with Crippen LogP contribution >= 0.6 is 0 Å². The minimum atomic E-state index is -0.190. The zero-order valence-corrected chi connectivity index (χ0v) is 12.8. The largest absolute Gasteiger partial charge is 0.454 e. The number of aromatic amines is 1. The summed E-state index contributed by atoms with van der Waals surface area (Å²) in [6.45, 7) is 0.222. The molecule has 6 heteroatoms. The van der Waals surface area contributed by atoms with Crippen LogP contribution < -0.4 is 14.9 Å². The van der Waals surface area contributed by atoms with Crippen molar-refractivity contribution in [2.45, 2.75) is 6.42 Å². The standard InChI is InChI=1S/C18H15N3O3/c22-18(8-12-5-6-16-17(7-12)24-11-23-16)21-20-10-13-9-19-15-4-2-1-3-14(13)15/h1-7,9-10,19H,8,11H2,(H,21,22)/b20-10-. The van der Waals surface area contributed by atoms with Gasteiger partial charge in [0.2, 0.25) is 12.7 Å². The highest BCUT2D eigenvalue weighted by molar-refractivity contribution is 5.99. The molecule has 1 amide bonds. The Morgan fingerprint density at radius 3 is 3.04 bits per heavy atom. The number of rotatable bonds is 4. The third-order valence-corrected chi connectivity index (χ3v) is 3.82. The number of aromatic nitrogens is 1. The van der Waals surface area contributed by atoms with E-state index in [2.05, 4.69) is 15.5 Å². The van der Waals surface area contributed by atoms with E-state index in [0.717, 1.165) is 22.0 Å². The van der Waals surface area contributed by atoms with Crippen LogP contribution in [0.15, 0.2) is 53.8 Å². The Kier molecular flexibility index (Phi) is 3.63. The first-order valence-electron chi connectivity index (χ1n) is 7.56. The maximum Gasteiger partial charge on any atom is 0.244 e. The summed E-state index contributed by atoms with van der Waals surface area (Å²) in [5.41, 5.74) is 5.35. The lowest BCUT2D eigenvalue weighted by Crippen LogP contribution is -2.19. The van der Waals surface area contributed by atoms with Gasteiger partial charge in [-0.1, -0.05) is 24.3 Å². The van der Waals surface area contributed by atoms with Gasteiger partial charge < -0.3 is 14.5 Å². The van der Waals surface area contributed by atoms with Crippen molar-refractivity contribution in [3.63, 3.8) is 0 Å². The van der Waals surface area contributed by atoms with Gasteiger partial charge in [-0.05, 0) is 23.8 Å². The molecule has 4 rings (SSSR count). The number of H-pyrrole nitrogens is 1. The topological polar surface area (TPSA) is 75.7 Å². The van der Waals surface area contributed by atoms with E-state index in [0.29, 0.717) is 11.5 Å². The van der Waals surface area contributed by atoms with E-state index < -0.39 is 0 Å². The van der Waals surface area contributed by atoms with E-state index >= 15 is 0 Å². The van der Waals surface area contributed by atoms with Gasteiger partial charge in [-0.25, -0.2) is 5.43 Å². The van der Waals surface area contributed by atoms with E-state index in [1.807, 2.05) is 42.6 Å². The molecule has 24 heavy (non-hydrogen) atoms. The van der Waals surface area contributed by atoms with Crippen LogP contribution in [-0.4, -0.2) is 23.9 Å². The van der Waals surface area contributed by atoms with Crippen LogP contribution in [0.25, 0.3) is 10.9 Å². The molecule has 0 radical (unpaired) electrons. The number of carbonyl (C=O) groups is 1. The second-order valence-corrected chi connectivity index (χ2v) is 5.45. The number of fused-ring (bicyclic) bond motifs is 2. The SMILES string of the molecule is O=C(Cc1ccc2c(c1)OCO2)N/N=C\c1c[nH]c2ccccc12. The molecule has 2 aromatic carbocycles. The lowest BCUT2D eigenvalue weighted by atomic mass is 10.1. The summed E-state index contributed by atoms with van der Waals surface area (Å²) in [6.07, 6.45) is 3.72. The predicted molar refractivity (Wildman–Crippen MR) is 90.3 cm³/mol. The van der Waals surface area contributed by atoms with Gasteiger partial charge in [-0.2, -0.15) is 5.10 Å². The second-order valence-electron chi connectivity index (χ2n) is 5.45. The van der Waals surface area contributed by atoms with Crippen molar-refractivity contribution in [1.82, 2.24) is 10.4 Å². The smallest absolute Gasteiger partial charge is 0.244 e. The number of hydrazone groups is 1. The first kappa shape index (κ1) is 14.3. The Morgan fingerprint density at radius 2 is 2.08 bits per heavy atom. The summed E-state index contributed by atoms with van der Waals surface area (Å²) in [5.74, 6) is 1.18. The zero-order valence-electron chi connectivity index (χ0n) is 12.8. The molecular weight excluding hydrogens is 306 g/mol. The van der Waals surface area contributed by atoms with Crippen molar-refractivity contribution in [3.8, 4) is 11.5 Å². The van der Waals surface area contributed by atoms with Crippen LogP contribution in [0, 0.1) is 0 Å². The summed E-state index contributed by atoms with van der Waals surface area (Å²) in [6, 6.07) is 13.4. The number of hydrogen-bond donors (Lipinski definition) is 2. The van der Waals surface area contributed by atoms with Crippen molar-refractivity contribution >= 4 is 23.0 Å². The number of ether oxygens (including phenoxy) is 2. The predicted octanol–water partition coefficient (Wildman–Crippen LogP) is 2.59. The van der Waals surface area contributed by atoms with Crippen molar-refractivity contribution in [2.75, 3.05) is 6.79 Å². The van der Waals surface area contributed by atoms with Gasteiger partial charge in [-0.15, -0.1) is 0 Å². The second kappa shape index (κ2) is 6.08. The average molecular weight is 321 g/mol. The maximum atomic E-state index is 12.0. The molecule has 120 valence electrons. The van der Waals surface area contributed by atoms with Gasteiger partial charge in [-0.3, -0.25) is 4.79 Å².